The molecule has 0 aliphatic rings. The maximum atomic E-state index is 12.2. The quantitative estimate of drug-likeness (QED) is 0.534. The van der Waals surface area contributed by atoms with Crippen molar-refractivity contribution in [3.8, 4) is 5.75 Å². The first-order chi connectivity index (χ1) is 12.1. The third kappa shape index (κ3) is 6.80. The lowest BCUT2D eigenvalue weighted by Gasteiger charge is -2.15. The molecule has 5 heteroatoms. The van der Waals surface area contributed by atoms with Gasteiger partial charge in [0.05, 0.1) is 25.9 Å². The molecule has 0 aliphatic heterocycles. The highest BCUT2D eigenvalue weighted by molar-refractivity contribution is 7.98. The van der Waals surface area contributed by atoms with Gasteiger partial charge in [0.2, 0.25) is 0 Å². The highest BCUT2D eigenvalue weighted by Gasteiger charge is 2.11. The maximum Gasteiger partial charge on any atom is 0.279 e. The van der Waals surface area contributed by atoms with E-state index < -0.39 is 0 Å². The van der Waals surface area contributed by atoms with Crippen molar-refractivity contribution < 1.29 is 14.4 Å². The summed E-state index contributed by atoms with van der Waals surface area (Å²) in [4.78, 5) is 14.5. The van der Waals surface area contributed by atoms with E-state index in [1.54, 1.807) is 11.8 Å². The number of hydrogen-bond acceptors (Lipinski definition) is 3. The molecule has 0 fully saturated rings. The summed E-state index contributed by atoms with van der Waals surface area (Å²) in [6.45, 7) is 4.06. The van der Waals surface area contributed by atoms with Crippen LogP contribution >= 0.6 is 11.8 Å². The van der Waals surface area contributed by atoms with Crippen LogP contribution in [0.25, 0.3) is 0 Å². The highest BCUT2D eigenvalue weighted by atomic mass is 32.2. The van der Waals surface area contributed by atoms with Crippen molar-refractivity contribution in [2.24, 2.45) is 0 Å². The van der Waals surface area contributed by atoms with Gasteiger partial charge < -0.3 is 15.0 Å². The van der Waals surface area contributed by atoms with Gasteiger partial charge in [-0.25, -0.2) is 0 Å². The molecule has 1 atom stereocenters. The van der Waals surface area contributed by atoms with E-state index in [9.17, 15) is 4.79 Å². The van der Waals surface area contributed by atoms with E-state index in [0.29, 0.717) is 13.2 Å². The van der Waals surface area contributed by atoms with E-state index in [-0.39, 0.29) is 5.91 Å². The lowest BCUT2D eigenvalue weighted by Crippen LogP contribution is -3.10. The van der Waals surface area contributed by atoms with Crippen LogP contribution < -0.4 is 15.0 Å². The molecule has 25 heavy (non-hydrogen) atoms. The summed E-state index contributed by atoms with van der Waals surface area (Å²) < 4.78 is 5.75. The number of quaternary nitrogens is 1. The van der Waals surface area contributed by atoms with Crippen LogP contribution in [-0.4, -0.2) is 38.9 Å². The zero-order valence-corrected chi connectivity index (χ0v) is 16.0. The van der Waals surface area contributed by atoms with E-state index in [2.05, 4.69) is 18.3 Å². The van der Waals surface area contributed by atoms with Gasteiger partial charge in [0.25, 0.3) is 5.91 Å². The summed E-state index contributed by atoms with van der Waals surface area (Å²) in [7, 11) is 2.03. The maximum absolute atomic E-state index is 12.2. The minimum absolute atomic E-state index is 0.0404. The van der Waals surface area contributed by atoms with Crippen molar-refractivity contribution in [2.75, 3.05) is 38.3 Å². The summed E-state index contributed by atoms with van der Waals surface area (Å²) in [6.07, 6.45) is 2.92. The van der Waals surface area contributed by atoms with Crippen LogP contribution in [-0.2, 0) is 4.79 Å². The van der Waals surface area contributed by atoms with Crippen LogP contribution in [0.5, 0.6) is 5.75 Å². The number of carbonyl (C=O) groups is 1. The van der Waals surface area contributed by atoms with Gasteiger partial charge in [0, 0.05) is 11.3 Å². The molecule has 2 N–H and O–H groups in total. The third-order valence-corrected chi connectivity index (χ3v) is 4.65. The number of likely N-dealkylation sites (N-methyl/N-ethyl adjacent to an activating group) is 1. The highest BCUT2D eigenvalue weighted by Crippen LogP contribution is 2.24. The Hall–Kier alpha value is -1.98. The molecule has 2 rings (SSSR count). The van der Waals surface area contributed by atoms with Gasteiger partial charge in [0.15, 0.2) is 6.54 Å². The van der Waals surface area contributed by atoms with E-state index in [1.807, 2.05) is 55.8 Å². The summed E-state index contributed by atoms with van der Waals surface area (Å²) >= 11 is 1.63. The molecule has 0 bridgehead atoms. The molecule has 0 radical (unpaired) electrons. The first-order valence-corrected chi connectivity index (χ1v) is 9.74. The standard InChI is InChI=1S/C20H26N2O2S/c1-16-8-6-9-17(14-16)24-13-7-12-22(2)15-20(23)21-18-10-4-5-11-19(18)25-3/h4-6,8-11,14H,7,12-13,15H2,1-3H3,(H,21,23)/p+1. The van der Waals surface area contributed by atoms with E-state index in [1.165, 1.54) is 10.5 Å². The Kier molecular flexibility index (Phi) is 7.82. The van der Waals surface area contributed by atoms with Gasteiger partial charge in [-0.2, -0.15) is 0 Å². The second-order valence-corrected chi connectivity index (χ2v) is 7.00. The fourth-order valence-electron chi connectivity index (χ4n) is 2.57. The third-order valence-electron chi connectivity index (χ3n) is 3.85. The summed E-state index contributed by atoms with van der Waals surface area (Å²) in [5.74, 6) is 0.947. The van der Waals surface area contributed by atoms with Gasteiger partial charge in [-0.3, -0.25) is 4.79 Å². The number of hydrogen-bond donors (Lipinski definition) is 2. The molecule has 0 aliphatic carbocycles. The molecular weight excluding hydrogens is 332 g/mol. The minimum atomic E-state index is 0.0404. The van der Waals surface area contributed by atoms with Crippen LogP contribution in [0.3, 0.4) is 0 Å². The number of rotatable bonds is 9. The topological polar surface area (TPSA) is 42.8 Å². The molecule has 0 spiro atoms. The summed E-state index contributed by atoms with van der Waals surface area (Å²) in [5.41, 5.74) is 2.08. The Morgan fingerprint density at radius 1 is 1.20 bits per heavy atom. The second kappa shape index (κ2) is 10.1. The Morgan fingerprint density at radius 2 is 2.00 bits per heavy atom. The molecule has 0 saturated carbocycles. The fraction of sp³-hybridized carbons (Fsp3) is 0.350. The van der Waals surface area contributed by atoms with Crippen LogP contribution in [0.4, 0.5) is 5.69 Å². The average molecular weight is 360 g/mol. The lowest BCUT2D eigenvalue weighted by atomic mass is 10.2. The Bertz CT molecular complexity index is 691. The average Bonchev–Trinajstić information content (AvgIpc) is 2.59. The smallest absolute Gasteiger partial charge is 0.279 e. The molecule has 0 aromatic heterocycles. The lowest BCUT2D eigenvalue weighted by molar-refractivity contribution is -0.871. The summed E-state index contributed by atoms with van der Waals surface area (Å²) in [6, 6.07) is 15.9. The molecule has 134 valence electrons. The fourth-order valence-corrected chi connectivity index (χ4v) is 3.13. The predicted octanol–water partition coefficient (Wildman–Crippen LogP) is 2.64. The van der Waals surface area contributed by atoms with Gasteiger partial charge in [0.1, 0.15) is 5.75 Å². The number of carbonyl (C=O) groups excluding carboxylic acids is 1. The molecule has 4 nitrogen and oxygen atoms in total. The van der Waals surface area contributed by atoms with Crippen molar-refractivity contribution in [2.45, 2.75) is 18.2 Å². The van der Waals surface area contributed by atoms with Crippen molar-refractivity contribution in [3.63, 3.8) is 0 Å². The number of nitrogens with one attached hydrogen (secondary N) is 2. The van der Waals surface area contributed by atoms with Crippen LogP contribution in [0.1, 0.15) is 12.0 Å². The van der Waals surface area contributed by atoms with Crippen LogP contribution in [0, 0.1) is 6.92 Å². The number of benzene rings is 2. The number of para-hydroxylation sites is 1. The van der Waals surface area contributed by atoms with Crippen molar-refractivity contribution in [3.05, 3.63) is 54.1 Å². The minimum Gasteiger partial charge on any atom is -0.493 e. The second-order valence-electron chi connectivity index (χ2n) is 6.15. The van der Waals surface area contributed by atoms with E-state index in [0.717, 1.165) is 29.3 Å². The first-order valence-electron chi connectivity index (χ1n) is 8.52. The Balaban J connectivity index is 1.69. The number of aryl methyl sites for hydroxylation is 1. The Morgan fingerprint density at radius 3 is 2.76 bits per heavy atom. The van der Waals surface area contributed by atoms with Gasteiger partial charge in [-0.15, -0.1) is 11.8 Å². The number of thioether (sulfide) groups is 1. The van der Waals surface area contributed by atoms with Gasteiger partial charge in [-0.1, -0.05) is 24.3 Å². The van der Waals surface area contributed by atoms with Crippen LogP contribution in [0.2, 0.25) is 0 Å². The van der Waals surface area contributed by atoms with Gasteiger partial charge >= 0.3 is 0 Å². The molecular formula is C20H27N2O2S+. The number of amides is 1. The SMILES string of the molecule is CSc1ccccc1NC(=O)C[NH+](C)CCCOc1cccc(C)c1. The molecule has 2 aromatic carbocycles. The zero-order chi connectivity index (χ0) is 18.1. The molecule has 0 saturated heterocycles. The molecule has 1 amide bonds. The van der Waals surface area contributed by atoms with Gasteiger partial charge in [-0.05, 0) is 43.0 Å². The van der Waals surface area contributed by atoms with Crippen molar-refractivity contribution in [1.82, 2.24) is 0 Å². The van der Waals surface area contributed by atoms with Crippen molar-refractivity contribution in [1.29, 1.82) is 0 Å². The zero-order valence-electron chi connectivity index (χ0n) is 15.2. The predicted molar refractivity (Wildman–Crippen MR) is 105 cm³/mol. The van der Waals surface area contributed by atoms with E-state index in [4.69, 9.17) is 4.74 Å². The van der Waals surface area contributed by atoms with Crippen LogP contribution in [0.15, 0.2) is 53.4 Å². The van der Waals surface area contributed by atoms with E-state index >= 15 is 0 Å². The largest absolute Gasteiger partial charge is 0.493 e. The van der Waals surface area contributed by atoms with Crippen molar-refractivity contribution >= 4 is 23.4 Å². The molecule has 2 aromatic rings. The normalized spacial score (nSPS) is 11.8. The Labute approximate surface area is 154 Å². The monoisotopic (exact) mass is 359 g/mol. The molecule has 1 unspecified atom stereocenters. The molecule has 0 heterocycles. The number of anilines is 1. The summed E-state index contributed by atoms with van der Waals surface area (Å²) in [5, 5.41) is 3.00. The number of ether oxygens (including phenoxy) is 1. The first kappa shape index (κ1) is 19.3.